The monoisotopic (exact) mass is 277 g/mol. The molecule has 0 unspecified atom stereocenters. The zero-order chi connectivity index (χ0) is 13.6. The van der Waals surface area contributed by atoms with Crippen molar-refractivity contribution in [3.63, 3.8) is 0 Å². The fourth-order valence-electron chi connectivity index (χ4n) is 2.36. The molecule has 0 aromatic heterocycles. The van der Waals surface area contributed by atoms with Crippen LogP contribution in [0.4, 0.5) is 8.78 Å². The first-order valence-corrected chi connectivity index (χ1v) is 5.78. The van der Waals surface area contributed by atoms with Crippen LogP contribution in [0.25, 0.3) is 0 Å². The van der Waals surface area contributed by atoms with E-state index in [0.717, 1.165) is 0 Å². The first-order valence-electron chi connectivity index (χ1n) is 5.40. The fraction of sp³-hybridized carbons (Fsp3) is 0.500. The Hall–Kier alpha value is -1.07. The maximum absolute atomic E-state index is 13.1. The lowest BCUT2D eigenvalue weighted by atomic mass is 9.69. The first-order chi connectivity index (χ1) is 8.31. The highest BCUT2D eigenvalue weighted by atomic mass is 35.5. The predicted molar refractivity (Wildman–Crippen MR) is 64.6 cm³/mol. The molecule has 3 nitrogen and oxygen atoms in total. The zero-order valence-corrected chi connectivity index (χ0v) is 10.9. The highest BCUT2D eigenvalue weighted by Crippen LogP contribution is 2.53. The molecule has 1 fully saturated rings. The second kappa shape index (κ2) is 4.24. The Balaban J connectivity index is 2.47. The van der Waals surface area contributed by atoms with Gasteiger partial charge in [-0.15, -0.1) is 0 Å². The number of alkyl halides is 2. The Morgan fingerprint density at radius 2 is 1.83 bits per heavy atom. The van der Waals surface area contributed by atoms with Crippen LogP contribution in [0.2, 0.25) is 5.02 Å². The van der Waals surface area contributed by atoms with Gasteiger partial charge in [0.15, 0.2) is 11.5 Å². The standard InChI is InChI=1S/C12H14ClF2NO2/c1-17-9-4-7(13)3-8(10(9)18-2)11(16)5-12(14,15)6-11/h3-4H,5-6,16H2,1-2H3. The van der Waals surface area contributed by atoms with Crippen molar-refractivity contribution >= 4 is 11.6 Å². The van der Waals surface area contributed by atoms with Crippen LogP contribution in [0, 0.1) is 0 Å². The van der Waals surface area contributed by atoms with Crippen LogP contribution in [0.1, 0.15) is 18.4 Å². The number of hydrogen-bond donors (Lipinski definition) is 1. The summed E-state index contributed by atoms with van der Waals surface area (Å²) >= 11 is 5.94. The summed E-state index contributed by atoms with van der Waals surface area (Å²) in [5.74, 6) is -1.98. The SMILES string of the molecule is COc1cc(Cl)cc(C2(N)CC(F)(F)C2)c1OC. The number of nitrogens with two attached hydrogens (primary N) is 1. The van der Waals surface area contributed by atoms with Gasteiger partial charge >= 0.3 is 0 Å². The van der Waals surface area contributed by atoms with E-state index < -0.39 is 24.3 Å². The predicted octanol–water partition coefficient (Wildman–Crippen LogP) is 2.94. The van der Waals surface area contributed by atoms with Gasteiger partial charge < -0.3 is 15.2 Å². The Kier molecular flexibility index (Phi) is 3.15. The number of hydrogen-bond acceptors (Lipinski definition) is 3. The van der Waals surface area contributed by atoms with Gasteiger partial charge in [-0.25, -0.2) is 8.78 Å². The van der Waals surface area contributed by atoms with Crippen molar-refractivity contribution in [2.45, 2.75) is 24.3 Å². The summed E-state index contributed by atoms with van der Waals surface area (Å²) in [6.45, 7) is 0. The molecule has 2 N–H and O–H groups in total. The second-order valence-corrected chi connectivity index (χ2v) is 4.99. The lowest BCUT2D eigenvalue weighted by Crippen LogP contribution is -2.55. The third-order valence-electron chi connectivity index (χ3n) is 3.13. The van der Waals surface area contributed by atoms with Crippen LogP contribution in [-0.2, 0) is 5.54 Å². The van der Waals surface area contributed by atoms with Crippen LogP contribution >= 0.6 is 11.6 Å². The molecule has 1 aromatic rings. The van der Waals surface area contributed by atoms with Crippen molar-refractivity contribution in [3.8, 4) is 11.5 Å². The van der Waals surface area contributed by atoms with E-state index in [-0.39, 0.29) is 0 Å². The quantitative estimate of drug-likeness (QED) is 0.924. The minimum atomic E-state index is -2.73. The molecule has 0 atom stereocenters. The molecule has 6 heteroatoms. The lowest BCUT2D eigenvalue weighted by molar-refractivity contribution is -0.125. The maximum atomic E-state index is 13.1. The number of halogens is 3. The van der Waals surface area contributed by atoms with Crippen molar-refractivity contribution < 1.29 is 18.3 Å². The average molecular weight is 278 g/mol. The van der Waals surface area contributed by atoms with E-state index >= 15 is 0 Å². The number of rotatable bonds is 3. The minimum absolute atomic E-state index is 0.361. The van der Waals surface area contributed by atoms with E-state index in [4.69, 9.17) is 26.8 Å². The van der Waals surface area contributed by atoms with E-state index in [9.17, 15) is 8.78 Å². The zero-order valence-electron chi connectivity index (χ0n) is 10.1. The molecule has 0 heterocycles. The summed E-state index contributed by atoms with van der Waals surface area (Å²) in [6, 6.07) is 3.11. The second-order valence-electron chi connectivity index (χ2n) is 4.55. The molecule has 0 radical (unpaired) electrons. The smallest absolute Gasteiger partial charge is 0.252 e. The molecule has 0 saturated heterocycles. The van der Waals surface area contributed by atoms with E-state index in [1.165, 1.54) is 14.2 Å². The minimum Gasteiger partial charge on any atom is -0.493 e. The Morgan fingerprint density at radius 3 is 2.28 bits per heavy atom. The topological polar surface area (TPSA) is 44.5 Å². The van der Waals surface area contributed by atoms with Gasteiger partial charge in [-0.2, -0.15) is 0 Å². The van der Waals surface area contributed by atoms with E-state index in [1.54, 1.807) is 12.1 Å². The molecular weight excluding hydrogens is 264 g/mol. The average Bonchev–Trinajstić information content (AvgIpc) is 2.24. The largest absolute Gasteiger partial charge is 0.493 e. The maximum Gasteiger partial charge on any atom is 0.252 e. The lowest BCUT2D eigenvalue weighted by Gasteiger charge is -2.45. The Labute approximate surface area is 109 Å². The summed E-state index contributed by atoms with van der Waals surface area (Å²) in [6.07, 6.45) is -0.834. The fourth-order valence-corrected chi connectivity index (χ4v) is 2.57. The molecule has 1 aliphatic rings. The van der Waals surface area contributed by atoms with Gasteiger partial charge in [-0.05, 0) is 6.07 Å². The Morgan fingerprint density at radius 1 is 1.22 bits per heavy atom. The van der Waals surface area contributed by atoms with Crippen LogP contribution in [-0.4, -0.2) is 20.1 Å². The summed E-state index contributed by atoms with van der Waals surface area (Å²) in [4.78, 5) is 0. The molecule has 1 aliphatic carbocycles. The number of benzene rings is 1. The highest BCUT2D eigenvalue weighted by molar-refractivity contribution is 6.30. The summed E-state index contributed by atoms with van der Waals surface area (Å²) in [5.41, 5.74) is 5.33. The van der Waals surface area contributed by atoms with Crippen molar-refractivity contribution in [1.29, 1.82) is 0 Å². The molecule has 0 amide bonds. The van der Waals surface area contributed by atoms with Crippen molar-refractivity contribution in [3.05, 3.63) is 22.7 Å². The molecule has 100 valence electrons. The summed E-state index contributed by atoms with van der Waals surface area (Å²) < 4.78 is 36.4. The van der Waals surface area contributed by atoms with Crippen LogP contribution in [0.15, 0.2) is 12.1 Å². The van der Waals surface area contributed by atoms with E-state index in [0.29, 0.717) is 22.1 Å². The molecule has 2 rings (SSSR count). The molecular formula is C12H14ClF2NO2. The van der Waals surface area contributed by atoms with Crippen molar-refractivity contribution in [1.82, 2.24) is 0 Å². The van der Waals surface area contributed by atoms with Crippen LogP contribution in [0.3, 0.4) is 0 Å². The van der Waals surface area contributed by atoms with Gasteiger partial charge in [0, 0.05) is 29.5 Å². The van der Waals surface area contributed by atoms with Gasteiger partial charge in [0.1, 0.15) is 0 Å². The van der Waals surface area contributed by atoms with Crippen LogP contribution < -0.4 is 15.2 Å². The van der Waals surface area contributed by atoms with Gasteiger partial charge in [0.05, 0.1) is 19.8 Å². The summed E-state index contributed by atoms with van der Waals surface area (Å²) in [7, 11) is 2.89. The third kappa shape index (κ3) is 2.12. The van der Waals surface area contributed by atoms with Gasteiger partial charge in [-0.1, -0.05) is 11.6 Å². The normalized spacial score (nSPS) is 20.1. The third-order valence-corrected chi connectivity index (χ3v) is 3.35. The van der Waals surface area contributed by atoms with Gasteiger partial charge in [0.25, 0.3) is 5.92 Å². The molecule has 1 saturated carbocycles. The molecule has 0 bridgehead atoms. The van der Waals surface area contributed by atoms with E-state index in [2.05, 4.69) is 0 Å². The van der Waals surface area contributed by atoms with Crippen LogP contribution in [0.5, 0.6) is 11.5 Å². The van der Waals surface area contributed by atoms with E-state index in [1.807, 2.05) is 0 Å². The first kappa shape index (κ1) is 13.4. The molecule has 18 heavy (non-hydrogen) atoms. The Bertz CT molecular complexity index is 471. The highest BCUT2D eigenvalue weighted by Gasteiger charge is 2.56. The molecule has 1 aromatic carbocycles. The molecule has 0 aliphatic heterocycles. The number of ether oxygens (including phenoxy) is 2. The van der Waals surface area contributed by atoms with Gasteiger partial charge in [0.2, 0.25) is 0 Å². The van der Waals surface area contributed by atoms with Gasteiger partial charge in [-0.3, -0.25) is 0 Å². The molecule has 0 spiro atoms. The number of methoxy groups -OCH3 is 2. The van der Waals surface area contributed by atoms with Crippen molar-refractivity contribution in [2.24, 2.45) is 5.73 Å². The summed E-state index contributed by atoms with van der Waals surface area (Å²) in [5, 5.41) is 0.377. The van der Waals surface area contributed by atoms with Crippen molar-refractivity contribution in [2.75, 3.05) is 14.2 Å².